The van der Waals surface area contributed by atoms with E-state index in [2.05, 4.69) is 10.1 Å². The Bertz CT molecular complexity index is 801. The third kappa shape index (κ3) is 1.93. The summed E-state index contributed by atoms with van der Waals surface area (Å²) in [6.45, 7) is 2.57. The van der Waals surface area contributed by atoms with Crippen LogP contribution in [0.15, 0.2) is 41.6 Å². The summed E-state index contributed by atoms with van der Waals surface area (Å²) in [6, 6.07) is 8.03. The molecule has 0 N–H and O–H groups in total. The maximum atomic E-state index is 12.3. The summed E-state index contributed by atoms with van der Waals surface area (Å²) in [5.74, 6) is 0. The van der Waals surface area contributed by atoms with E-state index in [0.29, 0.717) is 17.6 Å². The van der Waals surface area contributed by atoms with E-state index < -0.39 is 0 Å². The lowest BCUT2D eigenvalue weighted by molar-refractivity contribution is 0.734. The van der Waals surface area contributed by atoms with Crippen LogP contribution in [0.4, 0.5) is 0 Å². The minimum absolute atomic E-state index is 0.0543. The fraction of sp³-hybridized carbons (Fsp3) is 0.214. The number of benzene rings is 1. The lowest BCUT2D eigenvalue weighted by Gasteiger charge is -2.08. The first-order valence-corrected chi connectivity index (χ1v) is 6.08. The zero-order chi connectivity index (χ0) is 13.4. The molecule has 0 amide bonds. The molecule has 0 aliphatic heterocycles. The van der Waals surface area contributed by atoms with E-state index >= 15 is 0 Å². The number of hydrogen-bond acceptors (Lipinski definition) is 3. The smallest absolute Gasteiger partial charge is 0.264 e. The molecule has 0 atom stereocenters. The van der Waals surface area contributed by atoms with Crippen molar-refractivity contribution in [1.29, 1.82) is 0 Å². The summed E-state index contributed by atoms with van der Waals surface area (Å²) in [5.41, 5.74) is 2.85. The summed E-state index contributed by atoms with van der Waals surface area (Å²) in [4.78, 5) is 16.6. The Morgan fingerprint density at radius 1 is 1.26 bits per heavy atom. The summed E-state index contributed by atoms with van der Waals surface area (Å²) in [5, 5.41) is 4.62. The maximum absolute atomic E-state index is 12.3. The first-order chi connectivity index (χ1) is 9.16. The highest BCUT2D eigenvalue weighted by Crippen LogP contribution is 2.09. The van der Waals surface area contributed by atoms with E-state index in [0.717, 1.165) is 5.56 Å². The second kappa shape index (κ2) is 4.35. The van der Waals surface area contributed by atoms with Crippen LogP contribution in [-0.2, 0) is 13.6 Å². The molecule has 2 aromatic heterocycles. The first-order valence-electron chi connectivity index (χ1n) is 6.08. The van der Waals surface area contributed by atoms with Crippen molar-refractivity contribution in [1.82, 2.24) is 19.3 Å². The minimum Gasteiger partial charge on any atom is -0.294 e. The van der Waals surface area contributed by atoms with Crippen LogP contribution in [0.2, 0.25) is 0 Å². The summed E-state index contributed by atoms with van der Waals surface area (Å²) < 4.78 is 3.22. The first kappa shape index (κ1) is 11.6. The molecule has 96 valence electrons. The Balaban J connectivity index is 2.09. The summed E-state index contributed by atoms with van der Waals surface area (Å²) >= 11 is 0. The van der Waals surface area contributed by atoms with E-state index in [1.807, 2.05) is 31.2 Å². The van der Waals surface area contributed by atoms with Crippen LogP contribution < -0.4 is 5.56 Å². The van der Waals surface area contributed by atoms with Crippen molar-refractivity contribution >= 4 is 11.0 Å². The molecule has 3 aromatic rings. The van der Waals surface area contributed by atoms with Crippen molar-refractivity contribution < 1.29 is 0 Å². The monoisotopic (exact) mass is 254 g/mol. The van der Waals surface area contributed by atoms with E-state index in [-0.39, 0.29) is 5.56 Å². The average molecular weight is 254 g/mol. The molecule has 0 radical (unpaired) electrons. The molecule has 0 fully saturated rings. The summed E-state index contributed by atoms with van der Waals surface area (Å²) in [6.07, 6.45) is 3.15. The lowest BCUT2D eigenvalue weighted by atomic mass is 10.1. The standard InChI is InChI=1S/C14H14N4O/c1-10-5-3-4-6-11(10)8-18-9-15-13-12(14(18)19)7-16-17(13)2/h3-7,9H,8H2,1-2H3. The highest BCUT2D eigenvalue weighted by Gasteiger charge is 2.08. The second-order valence-electron chi connectivity index (χ2n) is 4.61. The van der Waals surface area contributed by atoms with Crippen molar-refractivity contribution in [3.05, 3.63) is 58.3 Å². The molecule has 0 aliphatic rings. The molecule has 0 spiro atoms. The fourth-order valence-electron chi connectivity index (χ4n) is 2.15. The number of hydrogen-bond donors (Lipinski definition) is 0. The number of rotatable bonds is 2. The largest absolute Gasteiger partial charge is 0.294 e. The van der Waals surface area contributed by atoms with Gasteiger partial charge in [-0.05, 0) is 18.1 Å². The second-order valence-corrected chi connectivity index (χ2v) is 4.61. The van der Waals surface area contributed by atoms with Gasteiger partial charge in [-0.25, -0.2) is 4.98 Å². The Morgan fingerprint density at radius 3 is 2.84 bits per heavy atom. The van der Waals surface area contributed by atoms with Crippen molar-refractivity contribution in [2.45, 2.75) is 13.5 Å². The third-order valence-corrected chi connectivity index (χ3v) is 3.32. The van der Waals surface area contributed by atoms with E-state index in [9.17, 15) is 4.79 Å². The van der Waals surface area contributed by atoms with Crippen molar-refractivity contribution in [3.8, 4) is 0 Å². The van der Waals surface area contributed by atoms with Gasteiger partial charge in [-0.2, -0.15) is 5.10 Å². The van der Waals surface area contributed by atoms with E-state index in [1.54, 1.807) is 28.8 Å². The molecular formula is C14H14N4O. The zero-order valence-electron chi connectivity index (χ0n) is 10.9. The fourth-order valence-corrected chi connectivity index (χ4v) is 2.15. The van der Waals surface area contributed by atoms with Gasteiger partial charge in [-0.15, -0.1) is 0 Å². The molecule has 0 saturated carbocycles. The molecule has 0 aliphatic carbocycles. The van der Waals surface area contributed by atoms with E-state index in [1.165, 1.54) is 5.56 Å². The number of fused-ring (bicyclic) bond motifs is 1. The van der Waals surface area contributed by atoms with Crippen molar-refractivity contribution in [2.75, 3.05) is 0 Å². The third-order valence-electron chi connectivity index (χ3n) is 3.32. The molecule has 2 heterocycles. The van der Waals surface area contributed by atoms with Gasteiger partial charge in [-0.1, -0.05) is 24.3 Å². The lowest BCUT2D eigenvalue weighted by Crippen LogP contribution is -2.21. The molecule has 19 heavy (non-hydrogen) atoms. The Hall–Kier alpha value is -2.43. The molecular weight excluding hydrogens is 240 g/mol. The van der Waals surface area contributed by atoms with Gasteiger partial charge in [0.1, 0.15) is 11.7 Å². The predicted octanol–water partition coefficient (Wildman–Crippen LogP) is 1.49. The topological polar surface area (TPSA) is 52.7 Å². The maximum Gasteiger partial charge on any atom is 0.264 e. The summed E-state index contributed by atoms with van der Waals surface area (Å²) in [7, 11) is 1.78. The number of aryl methyl sites for hydroxylation is 2. The van der Waals surface area contributed by atoms with Gasteiger partial charge in [0, 0.05) is 7.05 Å². The Labute approximate surface area is 110 Å². The van der Waals surface area contributed by atoms with Gasteiger partial charge < -0.3 is 0 Å². The number of nitrogens with zero attached hydrogens (tertiary/aromatic N) is 4. The molecule has 0 unspecified atom stereocenters. The van der Waals surface area contributed by atoms with Crippen molar-refractivity contribution in [3.63, 3.8) is 0 Å². The van der Waals surface area contributed by atoms with Crippen molar-refractivity contribution in [2.24, 2.45) is 7.05 Å². The van der Waals surface area contributed by atoms with Gasteiger partial charge in [-0.3, -0.25) is 14.0 Å². The highest BCUT2D eigenvalue weighted by molar-refractivity contribution is 5.72. The van der Waals surface area contributed by atoms with Crippen LogP contribution in [-0.4, -0.2) is 19.3 Å². The molecule has 5 nitrogen and oxygen atoms in total. The van der Waals surface area contributed by atoms with Gasteiger partial charge in [0.2, 0.25) is 0 Å². The quantitative estimate of drug-likeness (QED) is 0.696. The van der Waals surface area contributed by atoms with Crippen LogP contribution in [0.3, 0.4) is 0 Å². The van der Waals surface area contributed by atoms with Gasteiger partial charge in [0.05, 0.1) is 12.7 Å². The SMILES string of the molecule is Cc1ccccc1Cn1cnc2c(cnn2C)c1=O. The molecule has 3 rings (SSSR count). The predicted molar refractivity (Wildman–Crippen MR) is 73.1 cm³/mol. The van der Waals surface area contributed by atoms with Gasteiger partial charge in [0.25, 0.3) is 5.56 Å². The average Bonchev–Trinajstić information content (AvgIpc) is 2.78. The highest BCUT2D eigenvalue weighted by atomic mass is 16.1. The van der Waals surface area contributed by atoms with Crippen LogP contribution in [0, 0.1) is 6.92 Å². The Morgan fingerprint density at radius 2 is 2.05 bits per heavy atom. The minimum atomic E-state index is -0.0543. The zero-order valence-corrected chi connectivity index (χ0v) is 10.9. The van der Waals surface area contributed by atoms with Crippen LogP contribution in [0.1, 0.15) is 11.1 Å². The van der Waals surface area contributed by atoms with Crippen LogP contribution in [0.5, 0.6) is 0 Å². The molecule has 1 aromatic carbocycles. The normalized spacial score (nSPS) is 11.1. The van der Waals surface area contributed by atoms with Gasteiger partial charge in [0.15, 0.2) is 5.65 Å². The number of aromatic nitrogens is 4. The van der Waals surface area contributed by atoms with E-state index in [4.69, 9.17) is 0 Å². The molecule has 5 heteroatoms. The van der Waals surface area contributed by atoms with Crippen LogP contribution >= 0.6 is 0 Å². The van der Waals surface area contributed by atoms with Gasteiger partial charge >= 0.3 is 0 Å². The molecule has 0 bridgehead atoms. The molecule has 0 saturated heterocycles. The Kier molecular flexibility index (Phi) is 2.67. The van der Waals surface area contributed by atoms with Crippen LogP contribution in [0.25, 0.3) is 11.0 Å².